The highest BCUT2D eigenvalue weighted by Gasteiger charge is 2.48. The normalized spacial score (nSPS) is 12.5. The lowest BCUT2D eigenvalue weighted by molar-refractivity contribution is -0.137. The van der Waals surface area contributed by atoms with Gasteiger partial charge in [-0.3, -0.25) is 0 Å². The maximum atomic E-state index is 12.7. The molecule has 164 valence electrons. The van der Waals surface area contributed by atoms with E-state index >= 15 is 0 Å². The first-order chi connectivity index (χ1) is 14.4. The van der Waals surface area contributed by atoms with Crippen LogP contribution in [-0.2, 0) is 16.3 Å². The standard InChI is InChI=1S/C18H10F6N2O4S/c19-17(20,21)12-3-7-13(8-4-12)29-16-15(25-9-10-26-16)11-1-5-14(6-2-11)30-31(27,28)18(22,23)24/h1-10H. The van der Waals surface area contributed by atoms with Crippen LogP contribution >= 0.6 is 0 Å². The van der Waals surface area contributed by atoms with Crippen molar-refractivity contribution in [2.45, 2.75) is 11.7 Å². The van der Waals surface area contributed by atoms with Crippen LogP contribution in [0, 0.1) is 0 Å². The molecule has 0 unspecified atom stereocenters. The summed E-state index contributed by atoms with van der Waals surface area (Å²) in [6.45, 7) is 0. The molecule has 0 fully saturated rings. The van der Waals surface area contributed by atoms with Gasteiger partial charge < -0.3 is 8.92 Å². The van der Waals surface area contributed by atoms with Gasteiger partial charge in [0, 0.05) is 18.0 Å². The van der Waals surface area contributed by atoms with E-state index < -0.39 is 33.1 Å². The Morgan fingerprint density at radius 1 is 0.742 bits per heavy atom. The molecule has 0 bridgehead atoms. The van der Waals surface area contributed by atoms with Crippen molar-refractivity contribution in [3.63, 3.8) is 0 Å². The van der Waals surface area contributed by atoms with Crippen molar-refractivity contribution in [3.8, 4) is 28.6 Å². The van der Waals surface area contributed by atoms with Gasteiger partial charge in [-0.15, -0.1) is 0 Å². The lowest BCUT2D eigenvalue weighted by atomic mass is 10.1. The summed E-state index contributed by atoms with van der Waals surface area (Å²) in [5.74, 6) is -0.653. The zero-order valence-corrected chi connectivity index (χ0v) is 15.8. The summed E-state index contributed by atoms with van der Waals surface area (Å²) in [4.78, 5) is 7.99. The molecule has 1 heterocycles. The highest BCUT2D eigenvalue weighted by atomic mass is 32.2. The molecule has 0 atom stereocenters. The smallest absolute Gasteiger partial charge is 0.437 e. The van der Waals surface area contributed by atoms with E-state index in [1.165, 1.54) is 24.5 Å². The van der Waals surface area contributed by atoms with Crippen molar-refractivity contribution in [2.75, 3.05) is 0 Å². The fourth-order valence-electron chi connectivity index (χ4n) is 2.26. The largest absolute Gasteiger partial charge is 0.534 e. The van der Waals surface area contributed by atoms with E-state index in [-0.39, 0.29) is 22.9 Å². The Hall–Kier alpha value is -3.35. The number of rotatable bonds is 5. The molecule has 0 aliphatic carbocycles. The second kappa shape index (κ2) is 8.06. The molecule has 0 aliphatic rings. The summed E-state index contributed by atoms with van der Waals surface area (Å²) < 4.78 is 107. The van der Waals surface area contributed by atoms with Gasteiger partial charge in [-0.25, -0.2) is 9.97 Å². The fourth-order valence-corrected chi connectivity index (χ4v) is 2.72. The Labute approximate surface area is 171 Å². The zero-order valence-electron chi connectivity index (χ0n) is 15.0. The first-order valence-corrected chi connectivity index (χ1v) is 9.55. The molecule has 0 spiro atoms. The zero-order chi connectivity index (χ0) is 22.9. The molecular formula is C18H10F6N2O4S. The van der Waals surface area contributed by atoms with E-state index in [1.807, 2.05) is 0 Å². The van der Waals surface area contributed by atoms with Gasteiger partial charge in [0.15, 0.2) is 0 Å². The number of hydrogen-bond donors (Lipinski definition) is 0. The maximum Gasteiger partial charge on any atom is 0.534 e. The van der Waals surface area contributed by atoms with Crippen molar-refractivity contribution >= 4 is 10.1 Å². The molecule has 0 amide bonds. The SMILES string of the molecule is O=S(=O)(Oc1ccc(-c2nccnc2Oc2ccc(C(F)(F)F)cc2)cc1)C(F)(F)F. The van der Waals surface area contributed by atoms with Crippen molar-refractivity contribution in [2.24, 2.45) is 0 Å². The molecule has 0 radical (unpaired) electrons. The number of ether oxygens (including phenoxy) is 1. The predicted octanol–water partition coefficient (Wildman–Crippen LogP) is 5.18. The molecule has 2 aromatic carbocycles. The summed E-state index contributed by atoms with van der Waals surface area (Å²) in [5.41, 5.74) is -6.08. The molecule has 0 saturated heterocycles. The number of hydrogen-bond acceptors (Lipinski definition) is 6. The first-order valence-electron chi connectivity index (χ1n) is 8.14. The third kappa shape index (κ3) is 5.23. The van der Waals surface area contributed by atoms with E-state index in [1.54, 1.807) is 0 Å². The summed E-state index contributed by atoms with van der Waals surface area (Å²) >= 11 is 0. The Morgan fingerprint density at radius 3 is 1.84 bits per heavy atom. The van der Waals surface area contributed by atoms with Crippen LogP contribution in [0.5, 0.6) is 17.4 Å². The lowest BCUT2D eigenvalue weighted by Gasteiger charge is -2.12. The van der Waals surface area contributed by atoms with Gasteiger partial charge in [0.05, 0.1) is 5.56 Å². The van der Waals surface area contributed by atoms with Crippen LogP contribution in [0.1, 0.15) is 5.56 Å². The minimum absolute atomic E-state index is 0.0333. The van der Waals surface area contributed by atoms with Crippen LogP contribution in [0.25, 0.3) is 11.3 Å². The van der Waals surface area contributed by atoms with Gasteiger partial charge in [-0.05, 0) is 48.5 Å². The molecule has 31 heavy (non-hydrogen) atoms. The van der Waals surface area contributed by atoms with Gasteiger partial charge in [-0.2, -0.15) is 34.8 Å². The summed E-state index contributed by atoms with van der Waals surface area (Å²) in [6.07, 6.45) is -1.97. The third-order valence-corrected chi connectivity index (χ3v) is 4.66. The second-order valence-corrected chi connectivity index (χ2v) is 7.38. The van der Waals surface area contributed by atoms with Gasteiger partial charge in [0.25, 0.3) is 0 Å². The maximum absolute atomic E-state index is 12.7. The van der Waals surface area contributed by atoms with Crippen molar-refractivity contribution < 1.29 is 43.7 Å². The van der Waals surface area contributed by atoms with Crippen molar-refractivity contribution in [3.05, 3.63) is 66.5 Å². The highest BCUT2D eigenvalue weighted by Crippen LogP contribution is 2.34. The summed E-state index contributed by atoms with van der Waals surface area (Å²) in [5, 5.41) is 0. The van der Waals surface area contributed by atoms with Crippen LogP contribution in [0.2, 0.25) is 0 Å². The Balaban J connectivity index is 1.83. The summed E-state index contributed by atoms with van der Waals surface area (Å²) in [6, 6.07) is 8.16. The molecular weight excluding hydrogens is 454 g/mol. The highest BCUT2D eigenvalue weighted by molar-refractivity contribution is 7.88. The van der Waals surface area contributed by atoms with Crippen LogP contribution in [0.15, 0.2) is 60.9 Å². The number of aromatic nitrogens is 2. The molecule has 1 aromatic heterocycles. The second-order valence-electron chi connectivity index (χ2n) is 5.84. The van der Waals surface area contributed by atoms with Crippen LogP contribution in [0.4, 0.5) is 26.3 Å². The average molecular weight is 464 g/mol. The summed E-state index contributed by atoms with van der Waals surface area (Å²) in [7, 11) is -5.82. The first kappa shape index (κ1) is 22.3. The van der Waals surface area contributed by atoms with E-state index in [2.05, 4.69) is 14.2 Å². The van der Waals surface area contributed by atoms with Gasteiger partial charge in [-0.1, -0.05) is 0 Å². The number of halogens is 6. The molecule has 3 rings (SSSR count). The van der Waals surface area contributed by atoms with Crippen LogP contribution < -0.4 is 8.92 Å². The van der Waals surface area contributed by atoms with Crippen LogP contribution in [-0.4, -0.2) is 23.9 Å². The van der Waals surface area contributed by atoms with Gasteiger partial charge in [0.2, 0.25) is 5.88 Å². The minimum Gasteiger partial charge on any atom is -0.437 e. The Morgan fingerprint density at radius 2 is 1.29 bits per heavy atom. The average Bonchev–Trinajstić information content (AvgIpc) is 2.68. The van der Waals surface area contributed by atoms with Crippen molar-refractivity contribution in [1.29, 1.82) is 0 Å². The molecule has 0 aliphatic heterocycles. The molecule has 3 aromatic rings. The number of benzene rings is 2. The Kier molecular flexibility index (Phi) is 5.81. The molecule has 6 nitrogen and oxygen atoms in total. The van der Waals surface area contributed by atoms with E-state index in [0.717, 1.165) is 36.4 Å². The Bertz CT molecular complexity index is 1160. The van der Waals surface area contributed by atoms with Gasteiger partial charge in [0.1, 0.15) is 17.2 Å². The number of alkyl halides is 6. The molecule has 13 heteroatoms. The predicted molar refractivity (Wildman–Crippen MR) is 94.6 cm³/mol. The fraction of sp³-hybridized carbons (Fsp3) is 0.111. The van der Waals surface area contributed by atoms with Gasteiger partial charge >= 0.3 is 21.8 Å². The lowest BCUT2D eigenvalue weighted by Crippen LogP contribution is -2.28. The monoisotopic (exact) mass is 464 g/mol. The topological polar surface area (TPSA) is 78.4 Å². The quantitative estimate of drug-likeness (QED) is 0.294. The van der Waals surface area contributed by atoms with E-state index in [9.17, 15) is 34.8 Å². The number of nitrogens with zero attached hydrogens (tertiary/aromatic N) is 2. The molecule has 0 N–H and O–H groups in total. The molecule has 0 saturated carbocycles. The van der Waals surface area contributed by atoms with Crippen molar-refractivity contribution in [1.82, 2.24) is 9.97 Å². The van der Waals surface area contributed by atoms with E-state index in [4.69, 9.17) is 4.74 Å². The van der Waals surface area contributed by atoms with E-state index in [0.29, 0.717) is 0 Å². The minimum atomic E-state index is -5.82. The third-order valence-electron chi connectivity index (χ3n) is 3.68. The van der Waals surface area contributed by atoms with Crippen LogP contribution in [0.3, 0.4) is 0 Å².